The largest absolute Gasteiger partial charge is 0.306 e. The Kier molecular flexibility index (Phi) is 4.42. The number of nitro groups is 1. The van der Waals surface area contributed by atoms with Crippen LogP contribution in [0.25, 0.3) is 5.69 Å². The summed E-state index contributed by atoms with van der Waals surface area (Å²) in [7, 11) is -3.33. The molecule has 1 aliphatic rings. The Morgan fingerprint density at radius 2 is 1.93 bits per heavy atom. The monoisotopic (exact) mass is 412 g/mol. The van der Waals surface area contributed by atoms with E-state index in [0.29, 0.717) is 16.9 Å². The van der Waals surface area contributed by atoms with E-state index < -0.39 is 20.7 Å². The Bertz CT molecular complexity index is 1260. The second-order valence-corrected chi connectivity index (χ2v) is 8.83. The van der Waals surface area contributed by atoms with Crippen molar-refractivity contribution in [3.8, 4) is 5.69 Å². The molecule has 0 saturated carbocycles. The van der Waals surface area contributed by atoms with Gasteiger partial charge in [-0.1, -0.05) is 24.3 Å². The predicted molar refractivity (Wildman–Crippen MR) is 106 cm³/mol. The molecule has 10 heteroatoms. The van der Waals surface area contributed by atoms with Crippen LogP contribution >= 0.6 is 0 Å². The second kappa shape index (κ2) is 6.82. The summed E-state index contributed by atoms with van der Waals surface area (Å²) in [4.78, 5) is 23.2. The highest BCUT2D eigenvalue weighted by Gasteiger charge is 2.33. The molecule has 0 fully saturated rings. The zero-order valence-electron chi connectivity index (χ0n) is 15.3. The SMILES string of the molecule is Cc1ccccc1-n1nc2c(c1NC(=O)c1cccc([N+](=O)[O-])c1)CS(=O)(=O)C2. The first-order valence-corrected chi connectivity index (χ1v) is 10.5. The zero-order chi connectivity index (χ0) is 20.8. The van der Waals surface area contributed by atoms with E-state index in [9.17, 15) is 23.3 Å². The maximum absolute atomic E-state index is 12.8. The van der Waals surface area contributed by atoms with Gasteiger partial charge in [-0.25, -0.2) is 13.1 Å². The molecule has 0 radical (unpaired) electrons. The molecular weight excluding hydrogens is 396 g/mol. The quantitative estimate of drug-likeness (QED) is 0.519. The van der Waals surface area contributed by atoms with E-state index in [-0.39, 0.29) is 28.6 Å². The minimum atomic E-state index is -3.33. The highest BCUT2D eigenvalue weighted by Crippen LogP contribution is 2.34. The molecule has 29 heavy (non-hydrogen) atoms. The molecule has 0 unspecified atom stereocenters. The predicted octanol–water partition coefficient (Wildman–Crippen LogP) is 2.77. The van der Waals surface area contributed by atoms with E-state index in [1.54, 1.807) is 0 Å². The summed E-state index contributed by atoms with van der Waals surface area (Å²) < 4.78 is 25.6. The number of non-ortho nitro benzene ring substituents is 1. The van der Waals surface area contributed by atoms with Crippen LogP contribution in [0.5, 0.6) is 0 Å². The molecule has 0 saturated heterocycles. The van der Waals surface area contributed by atoms with Gasteiger partial charge in [0.05, 0.1) is 27.8 Å². The van der Waals surface area contributed by atoms with Crippen LogP contribution in [0.15, 0.2) is 48.5 Å². The first-order chi connectivity index (χ1) is 13.7. The standard InChI is InChI=1S/C19H16N4O5S/c1-12-5-2-3-8-17(12)22-18(15-10-29(27,28)11-16(15)21-22)20-19(24)13-6-4-7-14(9-13)23(25)26/h2-9H,10-11H2,1H3,(H,20,24). The lowest BCUT2D eigenvalue weighted by Crippen LogP contribution is -2.17. The van der Waals surface area contributed by atoms with Gasteiger partial charge in [-0.05, 0) is 24.6 Å². The number of nitrogens with zero attached hydrogens (tertiary/aromatic N) is 3. The van der Waals surface area contributed by atoms with E-state index in [1.165, 1.54) is 28.9 Å². The number of hydrogen-bond donors (Lipinski definition) is 1. The number of benzene rings is 2. The summed E-state index contributed by atoms with van der Waals surface area (Å²) in [5.74, 6) is -0.748. The molecule has 0 spiro atoms. The van der Waals surface area contributed by atoms with E-state index in [4.69, 9.17) is 0 Å². The van der Waals surface area contributed by atoms with Crippen LogP contribution in [0.2, 0.25) is 0 Å². The van der Waals surface area contributed by atoms with Gasteiger partial charge in [0.25, 0.3) is 11.6 Å². The fraction of sp³-hybridized carbons (Fsp3) is 0.158. The first kappa shape index (κ1) is 18.8. The van der Waals surface area contributed by atoms with Crippen LogP contribution in [0.1, 0.15) is 27.2 Å². The van der Waals surface area contributed by atoms with Gasteiger partial charge in [-0.3, -0.25) is 14.9 Å². The number of aryl methyl sites for hydroxylation is 1. The molecule has 1 amide bonds. The second-order valence-electron chi connectivity index (χ2n) is 6.77. The van der Waals surface area contributed by atoms with Crippen molar-refractivity contribution in [3.05, 3.63) is 81.0 Å². The van der Waals surface area contributed by atoms with E-state index in [0.717, 1.165) is 5.56 Å². The number of nitro benzene ring substituents is 1. The maximum Gasteiger partial charge on any atom is 0.270 e. The molecule has 1 N–H and O–H groups in total. The van der Waals surface area contributed by atoms with Crippen LogP contribution in [0.4, 0.5) is 11.5 Å². The Hall–Kier alpha value is -3.53. The number of rotatable bonds is 4. The van der Waals surface area contributed by atoms with Gasteiger partial charge in [-0.15, -0.1) is 0 Å². The van der Waals surface area contributed by atoms with Crippen molar-refractivity contribution in [2.24, 2.45) is 0 Å². The Balaban J connectivity index is 1.79. The summed E-state index contributed by atoms with van der Waals surface area (Å²) in [6.45, 7) is 1.88. The number of para-hydroxylation sites is 1. The number of carbonyl (C=O) groups is 1. The highest BCUT2D eigenvalue weighted by atomic mass is 32.2. The first-order valence-electron chi connectivity index (χ1n) is 8.68. The fourth-order valence-electron chi connectivity index (χ4n) is 3.29. The molecule has 1 aliphatic heterocycles. The van der Waals surface area contributed by atoms with Gasteiger partial charge in [0.2, 0.25) is 0 Å². The fourth-order valence-corrected chi connectivity index (χ4v) is 4.78. The molecule has 3 aromatic rings. The third kappa shape index (κ3) is 3.49. The average molecular weight is 412 g/mol. The third-order valence-electron chi connectivity index (χ3n) is 4.68. The molecule has 4 rings (SSSR count). The normalized spacial score (nSPS) is 14.4. The molecule has 0 atom stereocenters. The minimum Gasteiger partial charge on any atom is -0.306 e. The van der Waals surface area contributed by atoms with Gasteiger partial charge in [-0.2, -0.15) is 5.10 Å². The average Bonchev–Trinajstić information content (AvgIpc) is 3.14. The summed E-state index contributed by atoms with van der Waals surface area (Å²) in [5, 5.41) is 18.1. The number of amides is 1. The Labute approximate surface area is 166 Å². The van der Waals surface area contributed by atoms with Crippen molar-refractivity contribution in [2.45, 2.75) is 18.4 Å². The van der Waals surface area contributed by atoms with Crippen molar-refractivity contribution < 1.29 is 18.1 Å². The Morgan fingerprint density at radius 1 is 1.17 bits per heavy atom. The van der Waals surface area contributed by atoms with Gasteiger partial charge < -0.3 is 5.32 Å². The topological polar surface area (TPSA) is 124 Å². The van der Waals surface area contributed by atoms with Crippen molar-refractivity contribution in [1.82, 2.24) is 9.78 Å². The summed E-state index contributed by atoms with van der Waals surface area (Å²) in [6, 6.07) is 12.7. The molecule has 2 heterocycles. The number of nitrogens with one attached hydrogen (secondary N) is 1. The number of sulfone groups is 1. The maximum atomic E-state index is 12.8. The number of hydrogen-bond acceptors (Lipinski definition) is 6. The highest BCUT2D eigenvalue weighted by molar-refractivity contribution is 7.90. The summed E-state index contributed by atoms with van der Waals surface area (Å²) in [5.41, 5.74) is 2.30. The molecule has 2 aromatic carbocycles. The number of aromatic nitrogens is 2. The van der Waals surface area contributed by atoms with Crippen LogP contribution in [-0.2, 0) is 21.3 Å². The molecule has 0 aliphatic carbocycles. The van der Waals surface area contributed by atoms with Crippen LogP contribution in [-0.4, -0.2) is 29.0 Å². The third-order valence-corrected chi connectivity index (χ3v) is 6.12. The number of anilines is 1. The molecule has 0 bridgehead atoms. The van der Waals surface area contributed by atoms with E-state index >= 15 is 0 Å². The summed E-state index contributed by atoms with van der Waals surface area (Å²) in [6.07, 6.45) is 0. The van der Waals surface area contributed by atoms with Crippen LogP contribution < -0.4 is 5.32 Å². The molecule has 148 valence electrons. The van der Waals surface area contributed by atoms with Crippen molar-refractivity contribution >= 4 is 27.2 Å². The zero-order valence-corrected chi connectivity index (χ0v) is 16.1. The van der Waals surface area contributed by atoms with Crippen LogP contribution in [0, 0.1) is 17.0 Å². The lowest BCUT2D eigenvalue weighted by Gasteiger charge is -2.13. The van der Waals surface area contributed by atoms with Crippen molar-refractivity contribution in [3.63, 3.8) is 0 Å². The lowest BCUT2D eigenvalue weighted by molar-refractivity contribution is -0.384. The van der Waals surface area contributed by atoms with Gasteiger partial charge in [0.15, 0.2) is 9.84 Å². The van der Waals surface area contributed by atoms with Crippen LogP contribution in [0.3, 0.4) is 0 Å². The molecule has 9 nitrogen and oxygen atoms in total. The Morgan fingerprint density at radius 3 is 2.66 bits per heavy atom. The van der Waals surface area contributed by atoms with E-state index in [1.807, 2.05) is 31.2 Å². The summed E-state index contributed by atoms with van der Waals surface area (Å²) >= 11 is 0. The number of carbonyl (C=O) groups excluding carboxylic acids is 1. The molecule has 1 aromatic heterocycles. The number of fused-ring (bicyclic) bond motifs is 1. The van der Waals surface area contributed by atoms with Crippen molar-refractivity contribution in [2.75, 3.05) is 5.32 Å². The van der Waals surface area contributed by atoms with Gasteiger partial charge >= 0.3 is 0 Å². The van der Waals surface area contributed by atoms with Gasteiger partial charge in [0.1, 0.15) is 5.82 Å². The van der Waals surface area contributed by atoms with Gasteiger partial charge in [0, 0.05) is 23.3 Å². The minimum absolute atomic E-state index is 0.0892. The molecular formula is C19H16N4O5S. The van der Waals surface area contributed by atoms with Crippen molar-refractivity contribution in [1.29, 1.82) is 0 Å². The van der Waals surface area contributed by atoms with E-state index in [2.05, 4.69) is 10.4 Å². The lowest BCUT2D eigenvalue weighted by atomic mass is 10.2. The smallest absolute Gasteiger partial charge is 0.270 e.